The zero-order valence-electron chi connectivity index (χ0n) is 27.7. The van der Waals surface area contributed by atoms with Gasteiger partial charge in [0.2, 0.25) is 10.0 Å². The minimum atomic E-state index is -3.37. The van der Waals surface area contributed by atoms with Gasteiger partial charge in [-0.3, -0.25) is 9.71 Å². The third-order valence-corrected chi connectivity index (χ3v) is 9.64. The number of aromatic nitrogens is 3. The molecule has 0 spiro atoms. The Morgan fingerprint density at radius 2 is 1.81 bits per heavy atom. The largest absolute Gasteiger partial charge is 0.381 e. The minimum absolute atomic E-state index is 0.190. The van der Waals surface area contributed by atoms with Crippen LogP contribution in [0.3, 0.4) is 0 Å². The molecule has 0 radical (unpaired) electrons. The van der Waals surface area contributed by atoms with Crippen molar-refractivity contribution < 1.29 is 17.9 Å². The van der Waals surface area contributed by atoms with Crippen LogP contribution in [0.25, 0.3) is 11.3 Å². The lowest BCUT2D eigenvalue weighted by Crippen LogP contribution is -2.41. The van der Waals surface area contributed by atoms with Crippen LogP contribution in [0, 0.1) is 29.6 Å². The van der Waals surface area contributed by atoms with Crippen LogP contribution in [0.1, 0.15) is 62.4 Å². The molecule has 3 aromatic heterocycles. The lowest BCUT2D eigenvalue weighted by atomic mass is 9.82. The molecule has 1 saturated heterocycles. The van der Waals surface area contributed by atoms with Crippen LogP contribution >= 0.6 is 0 Å². The summed E-state index contributed by atoms with van der Waals surface area (Å²) in [4.78, 5) is 14.0. The number of ether oxygens (including phenoxy) is 2. The van der Waals surface area contributed by atoms with Crippen molar-refractivity contribution in [3.8, 4) is 17.3 Å². The first kappa shape index (κ1) is 34.7. The zero-order chi connectivity index (χ0) is 33.3. The van der Waals surface area contributed by atoms with Gasteiger partial charge in [-0.05, 0) is 101 Å². The summed E-state index contributed by atoms with van der Waals surface area (Å²) in [7, 11) is -3.37. The Labute approximate surface area is 279 Å². The van der Waals surface area contributed by atoms with E-state index in [9.17, 15) is 13.7 Å². The predicted octanol–water partition coefficient (Wildman–Crippen LogP) is 5.25. The zero-order valence-corrected chi connectivity index (χ0v) is 28.5. The van der Waals surface area contributed by atoms with E-state index in [2.05, 4.69) is 46.3 Å². The lowest BCUT2D eigenvalue weighted by molar-refractivity contribution is 0.0455. The summed E-state index contributed by atoms with van der Waals surface area (Å²) in [5, 5.41) is 16.9. The molecule has 252 valence electrons. The van der Waals surface area contributed by atoms with Crippen molar-refractivity contribution in [1.82, 2.24) is 20.3 Å². The number of nitriles is 1. The van der Waals surface area contributed by atoms with Crippen LogP contribution in [0.4, 0.5) is 11.6 Å². The molecule has 1 saturated carbocycles. The fourth-order valence-electron chi connectivity index (χ4n) is 6.41. The standard InChI is InChI=1S/C35H47N7O4S/c1-25-20-37-30(19-31(25)32-7-5-8-33(41-32)38-24-35(23-36)14-16-45-17-15-35)18-27-10-12-28(13-11-27)39-26(2)21-46-22-29-6-4-9-34(40-29)42-47(3,43)44/h4-9,19-20,26-28,39H,10-18,21-22,24H2,1-3H3,(H,38,41)(H,40,42)/t26-,27?,28?/m1/s1. The molecule has 11 nitrogen and oxygen atoms in total. The van der Waals surface area contributed by atoms with E-state index in [1.807, 2.05) is 30.5 Å². The van der Waals surface area contributed by atoms with Crippen molar-refractivity contribution in [2.75, 3.05) is 42.7 Å². The fraction of sp³-hybridized carbons (Fsp3) is 0.543. The Morgan fingerprint density at radius 1 is 1.06 bits per heavy atom. The molecule has 1 atom stereocenters. The van der Waals surface area contributed by atoms with Crippen molar-refractivity contribution in [2.45, 2.75) is 77.5 Å². The molecule has 5 rings (SSSR count). The molecule has 1 aliphatic carbocycles. The lowest BCUT2D eigenvalue weighted by Gasteiger charge is -2.31. The predicted molar refractivity (Wildman–Crippen MR) is 183 cm³/mol. The summed E-state index contributed by atoms with van der Waals surface area (Å²) in [6.45, 7) is 6.87. The van der Waals surface area contributed by atoms with E-state index >= 15 is 0 Å². The Bertz CT molecular complexity index is 1630. The number of anilines is 2. The molecule has 0 aromatic carbocycles. The Morgan fingerprint density at radius 3 is 2.55 bits per heavy atom. The van der Waals surface area contributed by atoms with E-state index in [1.54, 1.807) is 12.1 Å². The number of rotatable bonds is 14. The van der Waals surface area contributed by atoms with Crippen molar-refractivity contribution in [3.05, 3.63) is 65.6 Å². The van der Waals surface area contributed by atoms with E-state index in [0.29, 0.717) is 56.4 Å². The number of nitrogens with one attached hydrogen (secondary N) is 3. The Hall–Kier alpha value is -3.63. The monoisotopic (exact) mass is 661 g/mol. The van der Waals surface area contributed by atoms with Gasteiger partial charge in [-0.2, -0.15) is 5.26 Å². The first-order valence-corrected chi connectivity index (χ1v) is 18.4. The van der Waals surface area contributed by atoms with E-state index in [-0.39, 0.29) is 6.04 Å². The van der Waals surface area contributed by atoms with Gasteiger partial charge in [0, 0.05) is 49.3 Å². The second-order valence-electron chi connectivity index (χ2n) is 13.1. The maximum atomic E-state index is 11.5. The van der Waals surface area contributed by atoms with Crippen LogP contribution in [-0.2, 0) is 32.5 Å². The van der Waals surface area contributed by atoms with Gasteiger partial charge in [-0.1, -0.05) is 12.1 Å². The number of hydrogen-bond donors (Lipinski definition) is 3. The van der Waals surface area contributed by atoms with Crippen molar-refractivity contribution in [3.63, 3.8) is 0 Å². The fourth-order valence-corrected chi connectivity index (χ4v) is 6.91. The molecule has 3 N–H and O–H groups in total. The first-order valence-electron chi connectivity index (χ1n) is 16.5. The molecule has 0 amide bonds. The van der Waals surface area contributed by atoms with Crippen LogP contribution in [0.2, 0.25) is 0 Å². The van der Waals surface area contributed by atoms with Gasteiger partial charge in [0.1, 0.15) is 11.6 Å². The molecule has 3 aromatic rings. The van der Waals surface area contributed by atoms with Gasteiger partial charge >= 0.3 is 0 Å². The molecule has 0 unspecified atom stereocenters. The summed E-state index contributed by atoms with van der Waals surface area (Å²) in [5.41, 5.74) is 4.46. The average Bonchev–Trinajstić information content (AvgIpc) is 3.05. The first-order chi connectivity index (χ1) is 22.6. The van der Waals surface area contributed by atoms with Crippen LogP contribution in [0.15, 0.2) is 48.7 Å². The quantitative estimate of drug-likeness (QED) is 0.209. The maximum absolute atomic E-state index is 11.5. The van der Waals surface area contributed by atoms with E-state index < -0.39 is 15.4 Å². The second-order valence-corrected chi connectivity index (χ2v) is 14.9. The SMILES string of the molecule is Cc1cnc(CC2CCC(N[C@H](C)COCc3cccc(NS(C)(=O)=O)n3)CC2)cc1-c1cccc(NCC2(C#N)CCOCC2)n1. The van der Waals surface area contributed by atoms with Gasteiger partial charge in [0.25, 0.3) is 0 Å². The van der Waals surface area contributed by atoms with E-state index in [1.165, 1.54) is 0 Å². The van der Waals surface area contributed by atoms with Gasteiger partial charge in [0.15, 0.2) is 0 Å². The Kier molecular flexibility index (Phi) is 11.8. The smallest absolute Gasteiger partial charge is 0.230 e. The van der Waals surface area contributed by atoms with Crippen molar-refractivity contribution in [2.24, 2.45) is 11.3 Å². The van der Waals surface area contributed by atoms with Gasteiger partial charge in [0.05, 0.1) is 42.3 Å². The molecular weight excluding hydrogens is 614 g/mol. The summed E-state index contributed by atoms with van der Waals surface area (Å²) in [6, 6.07) is 16.6. The third-order valence-electron chi connectivity index (χ3n) is 9.06. The van der Waals surface area contributed by atoms with Crippen LogP contribution in [-0.4, -0.2) is 68.1 Å². The maximum Gasteiger partial charge on any atom is 0.230 e. The number of sulfonamides is 1. The Balaban J connectivity index is 1.07. The molecule has 12 heteroatoms. The molecule has 2 aliphatic rings. The van der Waals surface area contributed by atoms with E-state index in [4.69, 9.17) is 19.4 Å². The normalized spacial score (nSPS) is 20.2. The molecule has 1 aliphatic heterocycles. The van der Waals surface area contributed by atoms with Gasteiger partial charge < -0.3 is 20.1 Å². The topological polar surface area (TPSA) is 151 Å². The highest BCUT2D eigenvalue weighted by Crippen LogP contribution is 2.31. The third kappa shape index (κ3) is 10.4. The van der Waals surface area contributed by atoms with E-state index in [0.717, 1.165) is 79.5 Å². The van der Waals surface area contributed by atoms with Crippen molar-refractivity contribution in [1.29, 1.82) is 5.26 Å². The highest BCUT2D eigenvalue weighted by Gasteiger charge is 2.32. The molecule has 2 fully saturated rings. The number of pyridine rings is 3. The molecule has 4 heterocycles. The highest BCUT2D eigenvalue weighted by atomic mass is 32.2. The van der Waals surface area contributed by atoms with Gasteiger partial charge in [-0.15, -0.1) is 0 Å². The summed E-state index contributed by atoms with van der Waals surface area (Å²) in [5.74, 6) is 1.66. The average molecular weight is 662 g/mol. The number of aryl methyl sites for hydroxylation is 1. The highest BCUT2D eigenvalue weighted by molar-refractivity contribution is 7.92. The summed E-state index contributed by atoms with van der Waals surface area (Å²) < 4.78 is 36.7. The van der Waals surface area contributed by atoms with Gasteiger partial charge in [-0.25, -0.2) is 18.4 Å². The molecule has 0 bridgehead atoms. The molecular formula is C35H47N7O4S. The molecule has 47 heavy (non-hydrogen) atoms. The summed E-state index contributed by atoms with van der Waals surface area (Å²) in [6.07, 6.45) is 9.99. The summed E-state index contributed by atoms with van der Waals surface area (Å²) >= 11 is 0. The van der Waals surface area contributed by atoms with Crippen molar-refractivity contribution >= 4 is 21.7 Å². The second kappa shape index (κ2) is 16.0. The number of hydrogen-bond acceptors (Lipinski definition) is 10. The van der Waals surface area contributed by atoms with Crippen LogP contribution < -0.4 is 15.4 Å². The van der Waals surface area contributed by atoms with Crippen LogP contribution in [0.5, 0.6) is 0 Å². The number of nitrogens with zero attached hydrogens (tertiary/aromatic N) is 4. The minimum Gasteiger partial charge on any atom is -0.381 e.